The van der Waals surface area contributed by atoms with Crippen LogP contribution in [0.25, 0.3) is 0 Å². The summed E-state index contributed by atoms with van der Waals surface area (Å²) in [4.78, 5) is 23.4. The second kappa shape index (κ2) is 7.75. The Balaban J connectivity index is 1.62. The lowest BCUT2D eigenvalue weighted by Gasteiger charge is -2.45. The van der Waals surface area contributed by atoms with Crippen LogP contribution in [-0.2, 0) is 0 Å². The highest BCUT2D eigenvalue weighted by molar-refractivity contribution is 6.30. The molecule has 0 saturated heterocycles. The first-order chi connectivity index (χ1) is 14.0. The Labute approximate surface area is 174 Å². The van der Waals surface area contributed by atoms with Crippen LogP contribution in [-0.4, -0.2) is 23.5 Å². The third kappa shape index (κ3) is 3.91. The van der Waals surface area contributed by atoms with E-state index in [1.165, 1.54) is 6.42 Å². The summed E-state index contributed by atoms with van der Waals surface area (Å²) in [7, 11) is 0. The molecule has 1 heterocycles. The fourth-order valence-corrected chi connectivity index (χ4v) is 4.15. The number of guanidine groups is 2. The molecule has 1 saturated carbocycles. The number of nitrogens with zero attached hydrogens (tertiary/aromatic N) is 3. The van der Waals surface area contributed by atoms with E-state index in [1.54, 1.807) is 24.3 Å². The van der Waals surface area contributed by atoms with Crippen molar-refractivity contribution >= 4 is 40.8 Å². The van der Waals surface area contributed by atoms with Gasteiger partial charge in [0.15, 0.2) is 0 Å². The van der Waals surface area contributed by atoms with Crippen LogP contribution in [0.5, 0.6) is 0 Å². The molecule has 0 aromatic heterocycles. The number of rotatable bonds is 3. The van der Waals surface area contributed by atoms with Gasteiger partial charge in [-0.2, -0.15) is 4.99 Å². The fraction of sp³-hybridized carbons (Fsp3) is 0.286. The van der Waals surface area contributed by atoms with Crippen molar-refractivity contribution in [2.24, 2.45) is 21.5 Å². The Kier molecular flexibility index (Phi) is 5.15. The van der Waals surface area contributed by atoms with Gasteiger partial charge in [0.2, 0.25) is 11.9 Å². The van der Waals surface area contributed by atoms with Crippen molar-refractivity contribution < 1.29 is 4.79 Å². The van der Waals surface area contributed by atoms with E-state index in [9.17, 15) is 4.79 Å². The van der Waals surface area contributed by atoms with E-state index in [0.29, 0.717) is 22.2 Å². The lowest BCUT2D eigenvalue weighted by Crippen LogP contribution is -2.58. The highest BCUT2D eigenvalue weighted by Crippen LogP contribution is 2.39. The van der Waals surface area contributed by atoms with Gasteiger partial charge in [-0.25, -0.2) is 4.99 Å². The molecular weight excluding hydrogens is 388 g/mol. The van der Waals surface area contributed by atoms with Crippen molar-refractivity contribution in [3.05, 3.63) is 59.1 Å². The minimum atomic E-state index is -0.521. The quantitative estimate of drug-likeness (QED) is 0.716. The zero-order chi connectivity index (χ0) is 20.4. The molecule has 2 aromatic carbocycles. The normalized spacial score (nSPS) is 18.2. The number of hydrogen-bond donors (Lipinski definition) is 3. The summed E-state index contributed by atoms with van der Waals surface area (Å²) in [5.74, 6) is 0.321. The number of halogens is 1. The number of anilines is 2. The Morgan fingerprint density at radius 1 is 1.07 bits per heavy atom. The number of carbonyl (C=O) groups excluding carboxylic acids is 1. The summed E-state index contributed by atoms with van der Waals surface area (Å²) >= 11 is 5.90. The molecule has 1 fully saturated rings. The number of hydrogen-bond acceptors (Lipinski definition) is 6. The van der Waals surface area contributed by atoms with Crippen LogP contribution in [0.3, 0.4) is 0 Å². The number of nitrogens with two attached hydrogens (primary N) is 2. The Hall–Kier alpha value is -3.06. The topological polar surface area (TPSA) is 109 Å². The van der Waals surface area contributed by atoms with Gasteiger partial charge in [-0.1, -0.05) is 24.1 Å². The molecule has 7 nitrogen and oxygen atoms in total. The Bertz CT molecular complexity index is 979. The average Bonchev–Trinajstić information content (AvgIpc) is 2.68. The van der Waals surface area contributed by atoms with Gasteiger partial charge in [-0.05, 0) is 68.1 Å². The number of carbonyl (C=O) groups is 1. The molecule has 0 bridgehead atoms. The van der Waals surface area contributed by atoms with Crippen molar-refractivity contribution in [3.8, 4) is 0 Å². The molecule has 1 aliphatic heterocycles. The Morgan fingerprint density at radius 2 is 1.79 bits per heavy atom. The SMILES string of the molecule is NC1=NC2(CCCCC2)N(c2cccc(NC(=O)c3ccc(Cl)cc3)c2)C(N)=N1. The van der Waals surface area contributed by atoms with Crippen LogP contribution in [0.15, 0.2) is 58.5 Å². The highest BCUT2D eigenvalue weighted by Gasteiger charge is 2.42. The molecular formula is C21H23ClN6O. The molecule has 1 aliphatic carbocycles. The molecule has 0 atom stereocenters. The van der Waals surface area contributed by atoms with E-state index in [-0.39, 0.29) is 11.9 Å². The maximum absolute atomic E-state index is 12.6. The molecule has 0 radical (unpaired) electrons. The van der Waals surface area contributed by atoms with Crippen LogP contribution in [0.2, 0.25) is 5.02 Å². The van der Waals surface area contributed by atoms with E-state index in [1.807, 2.05) is 29.2 Å². The maximum atomic E-state index is 12.6. The van der Waals surface area contributed by atoms with Crippen molar-refractivity contribution in [1.82, 2.24) is 0 Å². The van der Waals surface area contributed by atoms with Crippen molar-refractivity contribution in [2.75, 3.05) is 10.2 Å². The summed E-state index contributed by atoms with van der Waals surface area (Å²) in [5, 5.41) is 3.51. The standard InChI is InChI=1S/C21H23ClN6O/c22-15-9-7-14(8-10-15)18(29)25-16-5-4-6-17(13-16)28-20(24)26-19(23)27-21(28)11-2-1-3-12-21/h4-10,13H,1-3,11-12H2,(H,25,29)(H4,23,24,26,27). The maximum Gasteiger partial charge on any atom is 0.255 e. The van der Waals surface area contributed by atoms with E-state index in [4.69, 9.17) is 23.1 Å². The summed E-state index contributed by atoms with van der Waals surface area (Å²) < 4.78 is 0. The highest BCUT2D eigenvalue weighted by atomic mass is 35.5. The molecule has 2 aromatic rings. The van der Waals surface area contributed by atoms with Crippen LogP contribution in [0, 0.1) is 0 Å². The van der Waals surface area contributed by atoms with Crippen LogP contribution < -0.4 is 21.7 Å². The summed E-state index contributed by atoms with van der Waals surface area (Å²) in [5.41, 5.74) is 13.7. The number of nitrogens with one attached hydrogen (secondary N) is 1. The zero-order valence-corrected chi connectivity index (χ0v) is 16.7. The summed E-state index contributed by atoms with van der Waals surface area (Å²) in [6.07, 6.45) is 4.97. The molecule has 5 N–H and O–H groups in total. The van der Waals surface area contributed by atoms with Crippen molar-refractivity contribution in [2.45, 2.75) is 37.8 Å². The van der Waals surface area contributed by atoms with Gasteiger partial charge in [0.05, 0.1) is 0 Å². The number of aliphatic imine (C=N–C) groups is 2. The van der Waals surface area contributed by atoms with Crippen molar-refractivity contribution in [1.29, 1.82) is 0 Å². The zero-order valence-electron chi connectivity index (χ0n) is 15.9. The predicted molar refractivity (Wildman–Crippen MR) is 117 cm³/mol. The lowest BCUT2D eigenvalue weighted by atomic mass is 9.87. The number of amides is 1. The minimum absolute atomic E-state index is 0.214. The molecule has 1 spiro atoms. The van der Waals surface area contributed by atoms with Gasteiger partial charge < -0.3 is 16.8 Å². The van der Waals surface area contributed by atoms with Gasteiger partial charge in [-0.15, -0.1) is 0 Å². The summed E-state index contributed by atoms with van der Waals surface area (Å²) in [6, 6.07) is 14.3. The van der Waals surface area contributed by atoms with Crippen LogP contribution >= 0.6 is 11.6 Å². The third-order valence-corrected chi connectivity index (χ3v) is 5.57. The van der Waals surface area contributed by atoms with E-state index >= 15 is 0 Å². The van der Waals surface area contributed by atoms with E-state index in [2.05, 4.69) is 15.3 Å². The minimum Gasteiger partial charge on any atom is -0.369 e. The molecule has 150 valence electrons. The molecule has 4 rings (SSSR count). The van der Waals surface area contributed by atoms with E-state index in [0.717, 1.165) is 31.4 Å². The number of benzene rings is 2. The second-order valence-electron chi connectivity index (χ2n) is 7.33. The van der Waals surface area contributed by atoms with Gasteiger partial charge in [0.25, 0.3) is 5.91 Å². The van der Waals surface area contributed by atoms with Crippen LogP contribution in [0.4, 0.5) is 11.4 Å². The third-order valence-electron chi connectivity index (χ3n) is 5.32. The lowest BCUT2D eigenvalue weighted by molar-refractivity contribution is 0.102. The first-order valence-electron chi connectivity index (χ1n) is 9.64. The predicted octanol–water partition coefficient (Wildman–Crippen LogP) is 3.70. The molecule has 29 heavy (non-hydrogen) atoms. The summed E-state index contributed by atoms with van der Waals surface area (Å²) in [6.45, 7) is 0. The molecule has 0 unspecified atom stereocenters. The second-order valence-corrected chi connectivity index (χ2v) is 7.77. The van der Waals surface area contributed by atoms with Crippen molar-refractivity contribution in [3.63, 3.8) is 0 Å². The first kappa shape index (κ1) is 19.3. The average molecular weight is 411 g/mol. The van der Waals surface area contributed by atoms with Gasteiger partial charge >= 0.3 is 0 Å². The molecule has 8 heteroatoms. The van der Waals surface area contributed by atoms with Gasteiger partial charge in [0, 0.05) is 22.0 Å². The largest absolute Gasteiger partial charge is 0.369 e. The van der Waals surface area contributed by atoms with Crippen LogP contribution in [0.1, 0.15) is 42.5 Å². The smallest absolute Gasteiger partial charge is 0.255 e. The first-order valence-corrected chi connectivity index (χ1v) is 10.0. The molecule has 1 amide bonds. The Morgan fingerprint density at radius 3 is 2.52 bits per heavy atom. The monoisotopic (exact) mass is 410 g/mol. The molecule has 2 aliphatic rings. The van der Waals surface area contributed by atoms with E-state index < -0.39 is 5.66 Å². The fourth-order valence-electron chi connectivity index (χ4n) is 4.02. The van der Waals surface area contributed by atoms with Gasteiger partial charge in [-0.3, -0.25) is 9.69 Å². The van der Waals surface area contributed by atoms with Gasteiger partial charge in [0.1, 0.15) is 5.66 Å².